The van der Waals surface area contributed by atoms with Crippen molar-refractivity contribution in [1.82, 2.24) is 0 Å². The Labute approximate surface area is 97.6 Å². The van der Waals surface area contributed by atoms with Gasteiger partial charge in [-0.05, 0) is 40.2 Å². The molecule has 0 spiro atoms. The maximum absolute atomic E-state index is 11.7. The lowest BCUT2D eigenvalue weighted by atomic mass is 9.79. The first-order valence-corrected chi connectivity index (χ1v) is 5.47. The number of Topliss-reactive ketones (excluding diaryl/α,β-unsaturated/α-hetero) is 1. The van der Waals surface area contributed by atoms with Crippen LogP contribution in [0.1, 0.15) is 37.5 Å². The summed E-state index contributed by atoms with van der Waals surface area (Å²) in [6.07, 6.45) is 0. The van der Waals surface area contributed by atoms with Crippen LogP contribution in [-0.4, -0.2) is 12.9 Å². The number of hydrogen-bond acceptors (Lipinski definition) is 2. The van der Waals surface area contributed by atoms with Crippen molar-refractivity contribution >= 4 is 5.78 Å². The maximum atomic E-state index is 11.7. The molecule has 0 aliphatic carbocycles. The van der Waals surface area contributed by atoms with E-state index < -0.39 is 5.41 Å². The average Bonchev–Trinajstić information content (AvgIpc) is 2.16. The number of methoxy groups -OCH3 is 1. The molecule has 0 aliphatic heterocycles. The van der Waals surface area contributed by atoms with E-state index >= 15 is 0 Å². The van der Waals surface area contributed by atoms with Crippen molar-refractivity contribution in [2.45, 2.75) is 40.0 Å². The molecule has 1 aromatic carbocycles. The first-order chi connectivity index (χ1) is 7.30. The zero-order chi connectivity index (χ0) is 12.5. The summed E-state index contributed by atoms with van der Waals surface area (Å²) < 4.78 is 5.42. The van der Waals surface area contributed by atoms with Gasteiger partial charge >= 0.3 is 0 Å². The van der Waals surface area contributed by atoms with E-state index in [1.165, 1.54) is 0 Å². The molecular formula is C14H20O2. The lowest BCUT2D eigenvalue weighted by Crippen LogP contribution is -2.27. The van der Waals surface area contributed by atoms with Crippen LogP contribution < -0.4 is 4.74 Å². The van der Waals surface area contributed by atoms with Gasteiger partial charge in [-0.1, -0.05) is 17.7 Å². The number of ether oxygens (including phenoxy) is 1. The summed E-state index contributed by atoms with van der Waals surface area (Å²) in [4.78, 5) is 11.7. The molecule has 88 valence electrons. The molecule has 0 bridgehead atoms. The fraction of sp³-hybridized carbons (Fsp3) is 0.500. The van der Waals surface area contributed by atoms with E-state index in [-0.39, 0.29) is 5.78 Å². The number of carbonyl (C=O) groups is 1. The monoisotopic (exact) mass is 220 g/mol. The molecule has 0 heterocycles. The highest BCUT2D eigenvalue weighted by Crippen LogP contribution is 2.35. The highest BCUT2D eigenvalue weighted by atomic mass is 16.5. The Hall–Kier alpha value is -1.31. The molecule has 0 saturated heterocycles. The zero-order valence-corrected chi connectivity index (χ0v) is 11.0. The molecule has 0 radical (unpaired) electrons. The molecule has 0 amide bonds. The predicted octanol–water partition coefficient (Wildman–Crippen LogP) is 3.18. The Kier molecular flexibility index (Phi) is 3.41. The van der Waals surface area contributed by atoms with E-state index in [2.05, 4.69) is 6.07 Å². The first-order valence-electron chi connectivity index (χ1n) is 5.47. The number of ketones is 1. The van der Waals surface area contributed by atoms with Crippen LogP contribution in [-0.2, 0) is 10.2 Å². The Morgan fingerprint density at radius 3 is 2.25 bits per heavy atom. The first kappa shape index (κ1) is 12.8. The molecule has 0 saturated carbocycles. The second-order valence-electron chi connectivity index (χ2n) is 4.84. The van der Waals surface area contributed by atoms with E-state index in [4.69, 9.17) is 4.74 Å². The molecule has 16 heavy (non-hydrogen) atoms. The van der Waals surface area contributed by atoms with Crippen LogP contribution in [0, 0.1) is 13.8 Å². The van der Waals surface area contributed by atoms with Gasteiger partial charge in [-0.15, -0.1) is 0 Å². The van der Waals surface area contributed by atoms with Crippen LogP contribution >= 0.6 is 0 Å². The smallest absolute Gasteiger partial charge is 0.139 e. The number of rotatable bonds is 3. The normalized spacial score (nSPS) is 11.4. The van der Waals surface area contributed by atoms with Crippen molar-refractivity contribution in [2.75, 3.05) is 7.11 Å². The fourth-order valence-electron chi connectivity index (χ4n) is 1.88. The van der Waals surface area contributed by atoms with Gasteiger partial charge in [0.2, 0.25) is 0 Å². The topological polar surface area (TPSA) is 26.3 Å². The minimum atomic E-state index is -0.498. The lowest BCUT2D eigenvalue weighted by molar-refractivity contribution is -0.121. The van der Waals surface area contributed by atoms with Crippen LogP contribution in [0.25, 0.3) is 0 Å². The molecule has 0 aromatic heterocycles. The minimum Gasteiger partial charge on any atom is -0.496 e. The molecule has 0 fully saturated rings. The third-order valence-corrected chi connectivity index (χ3v) is 3.18. The Bertz CT molecular complexity index is 417. The summed E-state index contributed by atoms with van der Waals surface area (Å²) in [5.41, 5.74) is 2.71. The molecule has 2 nitrogen and oxygen atoms in total. The highest BCUT2D eigenvalue weighted by Gasteiger charge is 2.30. The lowest BCUT2D eigenvalue weighted by Gasteiger charge is -2.25. The Morgan fingerprint density at radius 2 is 1.81 bits per heavy atom. The van der Waals surface area contributed by atoms with Crippen LogP contribution in [0.2, 0.25) is 0 Å². The number of benzene rings is 1. The van der Waals surface area contributed by atoms with Gasteiger partial charge in [-0.3, -0.25) is 4.79 Å². The second kappa shape index (κ2) is 4.28. The fourth-order valence-corrected chi connectivity index (χ4v) is 1.88. The predicted molar refractivity (Wildman–Crippen MR) is 66.2 cm³/mol. The van der Waals surface area contributed by atoms with E-state index in [1.54, 1.807) is 14.0 Å². The average molecular weight is 220 g/mol. The molecule has 0 N–H and O–H groups in total. The summed E-state index contributed by atoms with van der Waals surface area (Å²) >= 11 is 0. The molecular weight excluding hydrogens is 200 g/mol. The quantitative estimate of drug-likeness (QED) is 0.782. The third-order valence-electron chi connectivity index (χ3n) is 3.18. The van der Waals surface area contributed by atoms with Crippen molar-refractivity contribution in [1.29, 1.82) is 0 Å². The van der Waals surface area contributed by atoms with Gasteiger partial charge in [0.05, 0.1) is 12.5 Å². The van der Waals surface area contributed by atoms with Gasteiger partial charge in [-0.2, -0.15) is 0 Å². The van der Waals surface area contributed by atoms with Crippen molar-refractivity contribution < 1.29 is 9.53 Å². The van der Waals surface area contributed by atoms with Crippen molar-refractivity contribution in [3.63, 3.8) is 0 Å². The van der Waals surface area contributed by atoms with Crippen LogP contribution in [0.4, 0.5) is 0 Å². The number of hydrogen-bond donors (Lipinski definition) is 0. The van der Waals surface area contributed by atoms with E-state index in [1.807, 2.05) is 33.8 Å². The Morgan fingerprint density at radius 1 is 1.25 bits per heavy atom. The Balaban J connectivity index is 3.48. The molecule has 2 heteroatoms. The van der Waals surface area contributed by atoms with Crippen molar-refractivity contribution in [3.05, 3.63) is 28.8 Å². The zero-order valence-electron chi connectivity index (χ0n) is 11.0. The van der Waals surface area contributed by atoms with Gasteiger partial charge in [-0.25, -0.2) is 0 Å². The number of aryl methyl sites for hydroxylation is 2. The summed E-state index contributed by atoms with van der Waals surface area (Å²) in [6, 6.07) is 4.10. The van der Waals surface area contributed by atoms with E-state index in [0.717, 1.165) is 22.4 Å². The largest absolute Gasteiger partial charge is 0.496 e. The van der Waals surface area contributed by atoms with Crippen LogP contribution in [0.3, 0.4) is 0 Å². The van der Waals surface area contributed by atoms with Gasteiger partial charge in [0, 0.05) is 5.56 Å². The third kappa shape index (κ3) is 2.11. The summed E-state index contributed by atoms with van der Waals surface area (Å²) in [5, 5.41) is 0. The van der Waals surface area contributed by atoms with E-state index in [9.17, 15) is 4.79 Å². The van der Waals surface area contributed by atoms with Crippen molar-refractivity contribution in [2.24, 2.45) is 0 Å². The minimum absolute atomic E-state index is 0.149. The van der Waals surface area contributed by atoms with Gasteiger partial charge < -0.3 is 4.74 Å². The summed E-state index contributed by atoms with van der Waals surface area (Å²) in [7, 11) is 1.65. The maximum Gasteiger partial charge on any atom is 0.139 e. The van der Waals surface area contributed by atoms with Crippen LogP contribution in [0.15, 0.2) is 12.1 Å². The van der Waals surface area contributed by atoms with E-state index in [0.29, 0.717) is 0 Å². The summed E-state index contributed by atoms with van der Waals surface area (Å²) in [6.45, 7) is 9.53. The van der Waals surface area contributed by atoms with Gasteiger partial charge in [0.15, 0.2) is 0 Å². The standard InChI is InChI=1S/C14H20O2/c1-9-7-10(2)13(16-6)12(8-9)14(4,5)11(3)15/h7-8H,1-6H3. The molecule has 1 aromatic rings. The molecule has 0 atom stereocenters. The van der Waals surface area contributed by atoms with Gasteiger partial charge in [0.25, 0.3) is 0 Å². The molecule has 0 aliphatic rings. The van der Waals surface area contributed by atoms with Crippen LogP contribution in [0.5, 0.6) is 5.75 Å². The summed E-state index contributed by atoms with van der Waals surface area (Å²) in [5.74, 6) is 0.974. The molecule has 0 unspecified atom stereocenters. The highest BCUT2D eigenvalue weighted by molar-refractivity contribution is 5.88. The molecule has 1 rings (SSSR count). The second-order valence-corrected chi connectivity index (χ2v) is 4.84. The van der Waals surface area contributed by atoms with Gasteiger partial charge in [0.1, 0.15) is 11.5 Å². The SMILES string of the molecule is COc1c(C)cc(C)cc1C(C)(C)C(C)=O. The van der Waals surface area contributed by atoms with Crippen molar-refractivity contribution in [3.8, 4) is 5.75 Å². The number of carbonyl (C=O) groups excluding carboxylic acids is 1.